The Labute approximate surface area is 139 Å². The monoisotopic (exact) mass is 331 g/mol. The number of piperidine rings is 1. The Morgan fingerprint density at radius 2 is 2.13 bits per heavy atom. The Balaban J connectivity index is 1.57. The van der Waals surface area contributed by atoms with Crippen LogP contribution in [-0.4, -0.2) is 40.5 Å². The summed E-state index contributed by atoms with van der Waals surface area (Å²) in [6.07, 6.45) is 4.59. The zero-order valence-corrected chi connectivity index (χ0v) is 13.5. The van der Waals surface area contributed by atoms with Crippen LogP contribution in [0.1, 0.15) is 34.9 Å². The number of nitrogens with zero attached hydrogens (tertiary/aromatic N) is 4. The topological polar surface area (TPSA) is 63.1 Å². The minimum absolute atomic E-state index is 0.105. The molecule has 0 unspecified atom stereocenters. The zero-order valence-electron chi connectivity index (χ0n) is 12.7. The number of amides is 1. The van der Waals surface area contributed by atoms with Gasteiger partial charge in [-0.3, -0.25) is 4.79 Å². The number of hydrogen-bond acceptors (Lipinski definition) is 4. The van der Waals surface area contributed by atoms with Crippen molar-refractivity contribution in [1.82, 2.24) is 20.3 Å². The van der Waals surface area contributed by atoms with Gasteiger partial charge in [-0.05, 0) is 50.0 Å². The largest absolute Gasteiger partial charge is 0.317 e. The van der Waals surface area contributed by atoms with Crippen LogP contribution in [0, 0.1) is 0 Å². The van der Waals surface area contributed by atoms with Gasteiger partial charge >= 0.3 is 0 Å². The van der Waals surface area contributed by atoms with Crippen molar-refractivity contribution in [2.75, 3.05) is 24.5 Å². The predicted molar refractivity (Wildman–Crippen MR) is 88.0 cm³/mol. The fraction of sp³-hybridized carbons (Fsp3) is 0.438. The highest BCUT2D eigenvalue weighted by atomic mass is 35.5. The number of carbonyl (C=O) groups is 1. The third-order valence-corrected chi connectivity index (χ3v) is 4.98. The molecule has 3 heterocycles. The Kier molecular flexibility index (Phi) is 3.79. The van der Waals surface area contributed by atoms with Gasteiger partial charge in [-0.2, -0.15) is 0 Å². The SMILES string of the molecule is O=C(c1cn(C2CCNCC2)nn1)N1CCc2c(Cl)cccc21. The van der Waals surface area contributed by atoms with Crippen molar-refractivity contribution in [1.29, 1.82) is 0 Å². The molecule has 1 amide bonds. The summed E-state index contributed by atoms with van der Waals surface area (Å²) in [6, 6.07) is 6.00. The van der Waals surface area contributed by atoms with Crippen LogP contribution in [0.5, 0.6) is 0 Å². The molecule has 0 radical (unpaired) electrons. The molecule has 0 bridgehead atoms. The lowest BCUT2D eigenvalue weighted by atomic mass is 10.1. The van der Waals surface area contributed by atoms with Crippen LogP contribution in [0.15, 0.2) is 24.4 Å². The lowest BCUT2D eigenvalue weighted by Gasteiger charge is -2.22. The van der Waals surface area contributed by atoms with Gasteiger partial charge in [0.25, 0.3) is 5.91 Å². The number of rotatable bonds is 2. The Hall–Kier alpha value is -1.92. The number of aromatic nitrogens is 3. The van der Waals surface area contributed by atoms with Crippen molar-refractivity contribution in [3.05, 3.63) is 40.7 Å². The Bertz CT molecular complexity index is 738. The number of hydrogen-bond donors (Lipinski definition) is 1. The standard InChI is InChI=1S/C16H18ClN5O/c17-13-2-1-3-15-12(13)6-9-21(15)16(23)14-10-22(20-19-14)11-4-7-18-8-5-11/h1-3,10-11,18H,4-9H2. The highest BCUT2D eigenvalue weighted by Gasteiger charge is 2.29. The first kappa shape index (κ1) is 14.7. The average Bonchev–Trinajstić information content (AvgIpc) is 3.23. The van der Waals surface area contributed by atoms with Gasteiger partial charge in [0.2, 0.25) is 0 Å². The van der Waals surface area contributed by atoms with E-state index in [1.165, 1.54) is 0 Å². The van der Waals surface area contributed by atoms with Gasteiger partial charge in [0.05, 0.1) is 12.2 Å². The van der Waals surface area contributed by atoms with Gasteiger partial charge in [0, 0.05) is 17.3 Å². The predicted octanol–water partition coefficient (Wildman–Crippen LogP) is 2.06. The number of benzene rings is 1. The summed E-state index contributed by atoms with van der Waals surface area (Å²) in [5, 5.41) is 12.3. The van der Waals surface area contributed by atoms with E-state index in [0.717, 1.165) is 48.6 Å². The second kappa shape index (κ2) is 5.94. The first-order chi connectivity index (χ1) is 11.2. The van der Waals surface area contributed by atoms with E-state index in [1.54, 1.807) is 11.1 Å². The number of fused-ring (bicyclic) bond motifs is 1. The fourth-order valence-corrected chi connectivity index (χ4v) is 3.63. The van der Waals surface area contributed by atoms with Crippen LogP contribution in [0.2, 0.25) is 5.02 Å². The number of halogens is 1. The number of carbonyl (C=O) groups excluding carboxylic acids is 1. The second-order valence-electron chi connectivity index (χ2n) is 6.01. The smallest absolute Gasteiger partial charge is 0.280 e. The molecule has 1 N–H and O–H groups in total. The van der Waals surface area contributed by atoms with E-state index in [1.807, 2.05) is 22.9 Å². The van der Waals surface area contributed by atoms with Crippen LogP contribution < -0.4 is 10.2 Å². The Morgan fingerprint density at radius 3 is 2.96 bits per heavy atom. The molecule has 1 saturated heterocycles. The van der Waals surface area contributed by atoms with Gasteiger partial charge in [0.15, 0.2) is 5.69 Å². The molecule has 0 spiro atoms. The average molecular weight is 332 g/mol. The van der Waals surface area contributed by atoms with Gasteiger partial charge in [-0.1, -0.05) is 22.9 Å². The molecule has 0 aliphatic carbocycles. The maximum absolute atomic E-state index is 12.8. The summed E-state index contributed by atoms with van der Waals surface area (Å²) < 4.78 is 1.84. The molecule has 6 nitrogen and oxygen atoms in total. The molecule has 2 aliphatic heterocycles. The molecule has 2 aromatic rings. The van der Waals surface area contributed by atoms with Crippen molar-refractivity contribution < 1.29 is 4.79 Å². The first-order valence-electron chi connectivity index (χ1n) is 7.96. The molecule has 0 atom stereocenters. The van der Waals surface area contributed by atoms with E-state index in [9.17, 15) is 4.79 Å². The third kappa shape index (κ3) is 2.62. The highest BCUT2D eigenvalue weighted by Crippen LogP contribution is 2.34. The van der Waals surface area contributed by atoms with Crippen molar-refractivity contribution in [2.24, 2.45) is 0 Å². The van der Waals surface area contributed by atoms with Crippen LogP contribution in [0.4, 0.5) is 5.69 Å². The van der Waals surface area contributed by atoms with Gasteiger partial charge in [-0.25, -0.2) is 4.68 Å². The maximum atomic E-state index is 12.8. The number of anilines is 1. The van der Waals surface area contributed by atoms with Crippen LogP contribution in [-0.2, 0) is 6.42 Å². The van der Waals surface area contributed by atoms with E-state index in [2.05, 4.69) is 15.6 Å². The lowest BCUT2D eigenvalue weighted by molar-refractivity contribution is 0.0984. The lowest BCUT2D eigenvalue weighted by Crippen LogP contribution is -2.30. The van der Waals surface area contributed by atoms with Crippen LogP contribution in [0.25, 0.3) is 0 Å². The van der Waals surface area contributed by atoms with Crippen molar-refractivity contribution in [2.45, 2.75) is 25.3 Å². The summed E-state index contributed by atoms with van der Waals surface area (Å²) >= 11 is 6.22. The van der Waals surface area contributed by atoms with Gasteiger partial charge in [0.1, 0.15) is 0 Å². The molecule has 1 aromatic heterocycles. The summed E-state index contributed by atoms with van der Waals surface area (Å²) in [7, 11) is 0. The minimum atomic E-state index is -0.105. The molecule has 23 heavy (non-hydrogen) atoms. The van der Waals surface area contributed by atoms with Crippen molar-refractivity contribution >= 4 is 23.2 Å². The minimum Gasteiger partial charge on any atom is -0.317 e. The zero-order chi connectivity index (χ0) is 15.8. The van der Waals surface area contributed by atoms with Crippen molar-refractivity contribution in [3.8, 4) is 0 Å². The van der Waals surface area contributed by atoms with E-state index in [0.29, 0.717) is 18.3 Å². The van der Waals surface area contributed by atoms with E-state index >= 15 is 0 Å². The molecular weight excluding hydrogens is 314 g/mol. The normalized spacial score (nSPS) is 18.2. The molecule has 7 heteroatoms. The molecular formula is C16H18ClN5O. The molecule has 1 fully saturated rings. The highest BCUT2D eigenvalue weighted by molar-refractivity contribution is 6.32. The third-order valence-electron chi connectivity index (χ3n) is 4.63. The molecule has 120 valence electrons. The van der Waals surface area contributed by atoms with Gasteiger partial charge in [-0.15, -0.1) is 5.10 Å². The van der Waals surface area contributed by atoms with Crippen LogP contribution >= 0.6 is 11.6 Å². The first-order valence-corrected chi connectivity index (χ1v) is 8.33. The fourth-order valence-electron chi connectivity index (χ4n) is 3.37. The van der Waals surface area contributed by atoms with E-state index < -0.39 is 0 Å². The maximum Gasteiger partial charge on any atom is 0.280 e. The summed E-state index contributed by atoms with van der Waals surface area (Å²) in [4.78, 5) is 14.5. The Morgan fingerprint density at radius 1 is 1.30 bits per heavy atom. The van der Waals surface area contributed by atoms with Crippen molar-refractivity contribution in [3.63, 3.8) is 0 Å². The van der Waals surface area contributed by atoms with Crippen LogP contribution in [0.3, 0.4) is 0 Å². The molecule has 2 aliphatic rings. The molecule has 0 saturated carbocycles. The van der Waals surface area contributed by atoms with Gasteiger partial charge < -0.3 is 10.2 Å². The number of nitrogens with one attached hydrogen (secondary N) is 1. The molecule has 4 rings (SSSR count). The van der Waals surface area contributed by atoms with E-state index in [4.69, 9.17) is 11.6 Å². The summed E-state index contributed by atoms with van der Waals surface area (Å²) in [6.45, 7) is 2.59. The second-order valence-corrected chi connectivity index (χ2v) is 6.42. The summed E-state index contributed by atoms with van der Waals surface area (Å²) in [5.41, 5.74) is 2.32. The summed E-state index contributed by atoms with van der Waals surface area (Å²) in [5.74, 6) is -0.105. The van der Waals surface area contributed by atoms with E-state index in [-0.39, 0.29) is 5.91 Å². The quantitative estimate of drug-likeness (QED) is 0.915. The molecule has 1 aromatic carbocycles.